The van der Waals surface area contributed by atoms with E-state index < -0.39 is 11.3 Å². The molecule has 0 aliphatic heterocycles. The number of allylic oxidation sites excluding steroid dienone is 7. The van der Waals surface area contributed by atoms with Crippen LogP contribution in [0.2, 0.25) is 0 Å². The molecule has 29 heavy (non-hydrogen) atoms. The van der Waals surface area contributed by atoms with Crippen molar-refractivity contribution in [2.45, 2.75) is 59.3 Å². The van der Waals surface area contributed by atoms with Gasteiger partial charge in [0.1, 0.15) is 5.78 Å². The van der Waals surface area contributed by atoms with E-state index in [2.05, 4.69) is 19.9 Å². The smallest absolute Gasteiger partial charge is 0.313 e. The van der Waals surface area contributed by atoms with Crippen molar-refractivity contribution in [2.75, 3.05) is 6.61 Å². The summed E-state index contributed by atoms with van der Waals surface area (Å²) < 4.78 is 5.46. The third-order valence-electron chi connectivity index (χ3n) is 8.53. The van der Waals surface area contributed by atoms with Crippen molar-refractivity contribution in [1.29, 1.82) is 0 Å². The number of Topliss-reactive ketones (excluding diaryl/α,β-unsaturated/α-hetero) is 1. The van der Waals surface area contributed by atoms with Crippen LogP contribution < -0.4 is 0 Å². The summed E-state index contributed by atoms with van der Waals surface area (Å²) in [5, 5.41) is 0. The van der Waals surface area contributed by atoms with Gasteiger partial charge < -0.3 is 4.74 Å². The molecule has 4 atom stereocenters. The Morgan fingerprint density at radius 2 is 2.00 bits per heavy atom. The van der Waals surface area contributed by atoms with Crippen molar-refractivity contribution in [2.24, 2.45) is 22.2 Å². The van der Waals surface area contributed by atoms with Gasteiger partial charge in [0.05, 0.1) is 17.9 Å². The predicted octanol–water partition coefficient (Wildman–Crippen LogP) is 4.42. The molecule has 1 saturated carbocycles. The molecule has 0 aromatic rings. The zero-order valence-electron chi connectivity index (χ0n) is 17.5. The number of esters is 1. The molecule has 0 heterocycles. The first-order valence-corrected chi connectivity index (χ1v) is 10.9. The number of carbonyl (C=O) groups is 3. The van der Waals surface area contributed by atoms with Crippen molar-refractivity contribution < 1.29 is 19.1 Å². The number of carbonyl (C=O) groups excluding carboxylic acids is 3. The summed E-state index contributed by atoms with van der Waals surface area (Å²) in [5.74, 6) is -0.335. The Kier molecular flexibility index (Phi) is 3.82. The molecule has 0 aromatic carbocycles. The molecular weight excluding hydrogens is 364 g/mol. The fraction of sp³-hybridized carbons (Fsp3) is 0.560. The maximum atomic E-state index is 13.2. The van der Waals surface area contributed by atoms with Gasteiger partial charge in [-0.3, -0.25) is 14.4 Å². The van der Waals surface area contributed by atoms with Crippen LogP contribution in [0.5, 0.6) is 0 Å². The third-order valence-corrected chi connectivity index (χ3v) is 8.53. The van der Waals surface area contributed by atoms with Gasteiger partial charge in [0.25, 0.3) is 0 Å². The zero-order chi connectivity index (χ0) is 20.6. The summed E-state index contributed by atoms with van der Waals surface area (Å²) in [5.41, 5.74) is 3.53. The average molecular weight is 392 g/mol. The third kappa shape index (κ3) is 2.18. The highest BCUT2D eigenvalue weighted by molar-refractivity contribution is 6.02. The van der Waals surface area contributed by atoms with E-state index in [0.717, 1.165) is 42.4 Å². The average Bonchev–Trinajstić information content (AvgIpc) is 3.12. The lowest BCUT2D eigenvalue weighted by molar-refractivity contribution is -0.147. The quantitative estimate of drug-likeness (QED) is 0.653. The van der Waals surface area contributed by atoms with E-state index in [1.807, 2.05) is 13.0 Å². The van der Waals surface area contributed by atoms with E-state index in [0.29, 0.717) is 25.2 Å². The molecule has 0 bridgehead atoms. The van der Waals surface area contributed by atoms with Crippen LogP contribution in [0.1, 0.15) is 59.3 Å². The summed E-state index contributed by atoms with van der Waals surface area (Å²) in [4.78, 5) is 38.4. The number of hydrogen-bond donors (Lipinski definition) is 0. The topological polar surface area (TPSA) is 60.4 Å². The summed E-state index contributed by atoms with van der Waals surface area (Å²) >= 11 is 0. The molecular formula is C25H28O4. The maximum absolute atomic E-state index is 13.2. The summed E-state index contributed by atoms with van der Waals surface area (Å²) in [6.45, 7) is 6.55. The van der Waals surface area contributed by atoms with Gasteiger partial charge >= 0.3 is 5.97 Å². The van der Waals surface area contributed by atoms with Gasteiger partial charge in [0, 0.05) is 11.8 Å². The lowest BCUT2D eigenvalue weighted by atomic mass is 9.51. The molecule has 0 saturated heterocycles. The Balaban J connectivity index is 1.73. The second-order valence-corrected chi connectivity index (χ2v) is 9.72. The SMILES string of the molecule is CCOC(=O)[C@@H]1CC2=CC(=O)C=CC2(C)C2=C1C1=CC[C@@]3(C)CCC(=O)[C@@]13CC2. The van der Waals surface area contributed by atoms with Gasteiger partial charge in [-0.15, -0.1) is 0 Å². The maximum Gasteiger partial charge on any atom is 0.313 e. The molecule has 0 N–H and O–H groups in total. The highest BCUT2D eigenvalue weighted by Crippen LogP contribution is 2.70. The first-order chi connectivity index (χ1) is 13.8. The molecule has 1 spiro atoms. The molecule has 0 radical (unpaired) electrons. The van der Waals surface area contributed by atoms with Crippen molar-refractivity contribution in [3.05, 3.63) is 46.6 Å². The minimum absolute atomic E-state index is 0.0185. The van der Waals surface area contributed by atoms with Crippen LogP contribution in [-0.4, -0.2) is 24.1 Å². The molecule has 5 aliphatic carbocycles. The van der Waals surface area contributed by atoms with Gasteiger partial charge in [-0.2, -0.15) is 0 Å². The van der Waals surface area contributed by atoms with Crippen molar-refractivity contribution in [3.63, 3.8) is 0 Å². The number of hydrogen-bond acceptors (Lipinski definition) is 4. The van der Waals surface area contributed by atoms with Gasteiger partial charge in [-0.25, -0.2) is 0 Å². The fourth-order valence-electron chi connectivity index (χ4n) is 6.93. The Hall–Kier alpha value is -2.23. The molecule has 5 aliphatic rings. The minimum Gasteiger partial charge on any atom is -0.466 e. The summed E-state index contributed by atoms with van der Waals surface area (Å²) in [6.07, 6.45) is 12.1. The van der Waals surface area contributed by atoms with Crippen LogP contribution in [0.3, 0.4) is 0 Å². The van der Waals surface area contributed by atoms with E-state index in [1.165, 1.54) is 5.57 Å². The van der Waals surface area contributed by atoms with E-state index in [-0.39, 0.29) is 22.6 Å². The van der Waals surface area contributed by atoms with E-state index in [9.17, 15) is 14.4 Å². The number of rotatable bonds is 2. The van der Waals surface area contributed by atoms with Crippen LogP contribution in [-0.2, 0) is 19.1 Å². The van der Waals surface area contributed by atoms with Gasteiger partial charge in [0.15, 0.2) is 5.78 Å². The standard InChI is InChI=1S/C25H28O4/c1-4-29-22(28)17-14-15-13-16(26)5-11-24(15,3)18-7-12-25-19(21(17)18)6-9-23(25,2)10-8-20(25)27/h5-6,11,13,17H,4,7-10,12,14H2,1-3H3/t17-,23+,24?,25-/m1/s1. The van der Waals surface area contributed by atoms with Crippen molar-refractivity contribution in [3.8, 4) is 0 Å². The highest BCUT2D eigenvalue weighted by Gasteiger charge is 2.65. The molecule has 1 unspecified atom stereocenters. The molecule has 5 rings (SSSR count). The Labute approximate surface area is 171 Å². The first kappa shape index (κ1) is 18.8. The molecule has 152 valence electrons. The van der Waals surface area contributed by atoms with Crippen LogP contribution in [0.15, 0.2) is 46.6 Å². The Morgan fingerprint density at radius 3 is 2.76 bits per heavy atom. The largest absolute Gasteiger partial charge is 0.466 e. The Bertz CT molecular complexity index is 977. The van der Waals surface area contributed by atoms with Crippen LogP contribution in [0.25, 0.3) is 0 Å². The lowest BCUT2D eigenvalue weighted by Gasteiger charge is -2.51. The zero-order valence-corrected chi connectivity index (χ0v) is 17.5. The number of ketones is 2. The van der Waals surface area contributed by atoms with Gasteiger partial charge in [0.2, 0.25) is 0 Å². The van der Waals surface area contributed by atoms with Crippen LogP contribution >= 0.6 is 0 Å². The van der Waals surface area contributed by atoms with Gasteiger partial charge in [-0.1, -0.05) is 30.2 Å². The van der Waals surface area contributed by atoms with E-state index in [4.69, 9.17) is 4.74 Å². The molecule has 4 heteroatoms. The fourth-order valence-corrected chi connectivity index (χ4v) is 6.93. The highest BCUT2D eigenvalue weighted by atomic mass is 16.5. The molecule has 0 amide bonds. The van der Waals surface area contributed by atoms with Crippen LogP contribution in [0.4, 0.5) is 0 Å². The van der Waals surface area contributed by atoms with Crippen LogP contribution in [0, 0.1) is 22.2 Å². The normalized spacial score (nSPS) is 40.0. The summed E-state index contributed by atoms with van der Waals surface area (Å²) in [7, 11) is 0. The Morgan fingerprint density at radius 1 is 1.21 bits per heavy atom. The summed E-state index contributed by atoms with van der Waals surface area (Å²) in [6, 6.07) is 0. The number of fused-ring (bicyclic) bond motifs is 3. The molecule has 1 fully saturated rings. The van der Waals surface area contributed by atoms with E-state index in [1.54, 1.807) is 12.2 Å². The van der Waals surface area contributed by atoms with Gasteiger partial charge in [-0.05, 0) is 74.7 Å². The van der Waals surface area contributed by atoms with Crippen molar-refractivity contribution >= 4 is 17.5 Å². The first-order valence-electron chi connectivity index (χ1n) is 10.9. The second kappa shape index (κ2) is 5.90. The predicted molar refractivity (Wildman–Crippen MR) is 109 cm³/mol. The monoisotopic (exact) mass is 392 g/mol. The second-order valence-electron chi connectivity index (χ2n) is 9.72. The minimum atomic E-state index is -0.442. The number of ether oxygens (including phenoxy) is 1. The van der Waals surface area contributed by atoms with Crippen molar-refractivity contribution in [1.82, 2.24) is 0 Å². The molecule has 4 nitrogen and oxygen atoms in total. The lowest BCUT2D eigenvalue weighted by Crippen LogP contribution is -2.46. The molecule has 0 aromatic heterocycles. The van der Waals surface area contributed by atoms with E-state index >= 15 is 0 Å².